The average Bonchev–Trinajstić information content (AvgIpc) is 2.37. The van der Waals surface area contributed by atoms with E-state index in [1.807, 2.05) is 24.3 Å². The Bertz CT molecular complexity index is 438. The highest BCUT2D eigenvalue weighted by Crippen LogP contribution is 2.15. The summed E-state index contributed by atoms with van der Waals surface area (Å²) in [4.78, 5) is 15.0. The number of benzene rings is 1. The molecule has 0 saturated carbocycles. The van der Waals surface area contributed by atoms with Crippen molar-refractivity contribution >= 4 is 12.2 Å². The van der Waals surface area contributed by atoms with Gasteiger partial charge in [0.25, 0.3) is 0 Å². The predicted molar refractivity (Wildman–Crippen MR) is 71.2 cm³/mol. The van der Waals surface area contributed by atoms with Crippen LogP contribution in [0.25, 0.3) is 0 Å². The maximum Gasteiger partial charge on any atom is 0.330 e. The number of hydrogen-bond donors (Lipinski definition) is 0. The van der Waals surface area contributed by atoms with E-state index < -0.39 is 0 Å². The second kappa shape index (κ2) is 8.06. The van der Waals surface area contributed by atoms with Gasteiger partial charge in [0.15, 0.2) is 0 Å². The van der Waals surface area contributed by atoms with E-state index in [1.54, 1.807) is 26.3 Å². The fraction of sp³-hybridized carbons (Fsp3) is 0.286. The van der Waals surface area contributed by atoms with E-state index in [1.165, 1.54) is 6.08 Å². The first-order valence-corrected chi connectivity index (χ1v) is 5.75. The van der Waals surface area contributed by atoms with Gasteiger partial charge in [-0.1, -0.05) is 12.1 Å². The molecule has 0 radical (unpaired) electrons. The third kappa shape index (κ3) is 4.82. The minimum Gasteiger partial charge on any atom is -0.489 e. The van der Waals surface area contributed by atoms with Crippen LogP contribution >= 0.6 is 0 Å². The lowest BCUT2D eigenvalue weighted by atomic mass is 10.2. The number of hydrogen-bond acceptors (Lipinski definition) is 4. The molecule has 0 heterocycles. The van der Waals surface area contributed by atoms with Crippen LogP contribution in [0.3, 0.4) is 0 Å². The molecular weight excluding hydrogens is 230 g/mol. The van der Waals surface area contributed by atoms with Crippen LogP contribution in [0.2, 0.25) is 0 Å². The molecule has 4 heteroatoms. The Balaban J connectivity index is 2.51. The summed E-state index contributed by atoms with van der Waals surface area (Å²) < 4.78 is 10.3. The molecule has 18 heavy (non-hydrogen) atoms. The van der Waals surface area contributed by atoms with Crippen LogP contribution in [0.15, 0.2) is 41.4 Å². The SMILES string of the molecule is CCOC(=O)C=CCOc1ccccc1C=NC. The van der Waals surface area contributed by atoms with Crippen LogP contribution in [0.1, 0.15) is 12.5 Å². The summed E-state index contributed by atoms with van der Waals surface area (Å²) in [7, 11) is 1.71. The Hall–Kier alpha value is -2.10. The van der Waals surface area contributed by atoms with Crippen molar-refractivity contribution in [3.8, 4) is 5.75 Å². The molecule has 0 aliphatic rings. The van der Waals surface area contributed by atoms with Crippen molar-refractivity contribution in [3.63, 3.8) is 0 Å². The summed E-state index contributed by atoms with van der Waals surface area (Å²) >= 11 is 0. The summed E-state index contributed by atoms with van der Waals surface area (Å²) in [6.07, 6.45) is 4.71. The van der Waals surface area contributed by atoms with E-state index in [0.717, 1.165) is 11.3 Å². The molecular formula is C14H17NO3. The van der Waals surface area contributed by atoms with Gasteiger partial charge in [0.05, 0.1) is 6.61 Å². The molecule has 0 aliphatic carbocycles. The number of aliphatic imine (C=N–C) groups is 1. The quantitative estimate of drug-likeness (QED) is 0.440. The number of esters is 1. The summed E-state index contributed by atoms with van der Waals surface area (Å²) in [5, 5.41) is 0. The Kier molecular flexibility index (Phi) is 6.25. The van der Waals surface area contributed by atoms with Crippen LogP contribution in [-0.2, 0) is 9.53 Å². The predicted octanol–water partition coefficient (Wildman–Crippen LogP) is 2.23. The van der Waals surface area contributed by atoms with Crippen molar-refractivity contribution in [2.24, 2.45) is 4.99 Å². The molecule has 0 atom stereocenters. The number of rotatable bonds is 6. The lowest BCUT2D eigenvalue weighted by molar-refractivity contribution is -0.137. The van der Waals surface area contributed by atoms with Crippen molar-refractivity contribution in [2.45, 2.75) is 6.92 Å². The van der Waals surface area contributed by atoms with E-state index in [2.05, 4.69) is 4.99 Å². The Labute approximate surface area is 107 Å². The van der Waals surface area contributed by atoms with E-state index in [0.29, 0.717) is 13.2 Å². The zero-order valence-electron chi connectivity index (χ0n) is 10.6. The molecule has 0 aromatic heterocycles. The van der Waals surface area contributed by atoms with Gasteiger partial charge in [0.1, 0.15) is 12.4 Å². The molecule has 96 valence electrons. The van der Waals surface area contributed by atoms with Crippen LogP contribution in [0, 0.1) is 0 Å². The zero-order valence-corrected chi connectivity index (χ0v) is 10.6. The van der Waals surface area contributed by atoms with Crippen molar-refractivity contribution < 1.29 is 14.3 Å². The van der Waals surface area contributed by atoms with Crippen molar-refractivity contribution in [3.05, 3.63) is 42.0 Å². The molecule has 0 aliphatic heterocycles. The third-order valence-corrected chi connectivity index (χ3v) is 2.06. The van der Waals surface area contributed by atoms with Gasteiger partial charge in [-0.15, -0.1) is 0 Å². The van der Waals surface area contributed by atoms with E-state index in [9.17, 15) is 4.79 Å². The van der Waals surface area contributed by atoms with Gasteiger partial charge < -0.3 is 9.47 Å². The highest BCUT2D eigenvalue weighted by molar-refractivity contribution is 5.83. The Morgan fingerprint density at radius 3 is 2.89 bits per heavy atom. The lowest BCUT2D eigenvalue weighted by Gasteiger charge is -2.06. The van der Waals surface area contributed by atoms with Gasteiger partial charge in [-0.3, -0.25) is 4.99 Å². The van der Waals surface area contributed by atoms with Gasteiger partial charge in [0.2, 0.25) is 0 Å². The number of para-hydroxylation sites is 1. The Morgan fingerprint density at radius 1 is 1.39 bits per heavy atom. The second-order valence-electron chi connectivity index (χ2n) is 3.39. The maximum atomic E-state index is 11.0. The topological polar surface area (TPSA) is 47.9 Å². The van der Waals surface area contributed by atoms with Crippen molar-refractivity contribution in [1.29, 1.82) is 0 Å². The summed E-state index contributed by atoms with van der Waals surface area (Å²) in [6.45, 7) is 2.45. The minimum absolute atomic E-state index is 0.313. The average molecular weight is 247 g/mol. The zero-order chi connectivity index (χ0) is 13.2. The molecule has 0 amide bonds. The standard InChI is InChI=1S/C14H17NO3/c1-3-17-14(16)9-6-10-18-13-8-5-4-7-12(13)11-15-2/h4-9,11H,3,10H2,1-2H3. The van der Waals surface area contributed by atoms with Crippen molar-refractivity contribution in [1.82, 2.24) is 0 Å². The number of ether oxygens (including phenoxy) is 2. The van der Waals surface area contributed by atoms with Crippen LogP contribution < -0.4 is 4.74 Å². The largest absolute Gasteiger partial charge is 0.489 e. The van der Waals surface area contributed by atoms with Gasteiger partial charge >= 0.3 is 5.97 Å². The van der Waals surface area contributed by atoms with E-state index in [4.69, 9.17) is 9.47 Å². The normalized spacial score (nSPS) is 11.0. The lowest BCUT2D eigenvalue weighted by Crippen LogP contribution is -2.01. The van der Waals surface area contributed by atoms with Crippen molar-refractivity contribution in [2.75, 3.05) is 20.3 Å². The molecule has 0 unspecified atom stereocenters. The number of nitrogens with zero attached hydrogens (tertiary/aromatic N) is 1. The Morgan fingerprint density at radius 2 is 2.17 bits per heavy atom. The van der Waals surface area contributed by atoms with Gasteiger partial charge in [-0.2, -0.15) is 0 Å². The van der Waals surface area contributed by atoms with Crippen LogP contribution in [0.4, 0.5) is 0 Å². The molecule has 1 rings (SSSR count). The van der Waals surface area contributed by atoms with E-state index in [-0.39, 0.29) is 5.97 Å². The fourth-order valence-electron chi connectivity index (χ4n) is 1.33. The molecule has 1 aromatic carbocycles. The minimum atomic E-state index is -0.357. The van der Waals surface area contributed by atoms with Crippen LogP contribution in [-0.4, -0.2) is 32.4 Å². The van der Waals surface area contributed by atoms with Crippen LogP contribution in [0.5, 0.6) is 5.75 Å². The first-order chi connectivity index (χ1) is 8.77. The van der Waals surface area contributed by atoms with Gasteiger partial charge in [0, 0.05) is 24.9 Å². The molecule has 0 saturated heterocycles. The first kappa shape index (κ1) is 14.0. The summed E-state index contributed by atoms with van der Waals surface area (Å²) in [6, 6.07) is 7.57. The van der Waals surface area contributed by atoms with E-state index >= 15 is 0 Å². The molecule has 1 aromatic rings. The molecule has 0 N–H and O–H groups in total. The number of carbonyl (C=O) groups is 1. The first-order valence-electron chi connectivity index (χ1n) is 5.75. The summed E-state index contributed by atoms with van der Waals surface area (Å²) in [5.74, 6) is 0.376. The molecule has 0 spiro atoms. The molecule has 0 bridgehead atoms. The fourth-order valence-corrected chi connectivity index (χ4v) is 1.33. The second-order valence-corrected chi connectivity index (χ2v) is 3.39. The van der Waals surface area contributed by atoms with Gasteiger partial charge in [-0.05, 0) is 25.1 Å². The molecule has 4 nitrogen and oxygen atoms in total. The highest BCUT2D eigenvalue weighted by Gasteiger charge is 1.99. The van der Waals surface area contributed by atoms with Gasteiger partial charge in [-0.25, -0.2) is 4.79 Å². The summed E-state index contributed by atoms with van der Waals surface area (Å²) in [5.41, 5.74) is 0.907. The monoisotopic (exact) mass is 247 g/mol. The highest BCUT2D eigenvalue weighted by atomic mass is 16.5. The molecule has 0 fully saturated rings. The smallest absolute Gasteiger partial charge is 0.330 e. The maximum absolute atomic E-state index is 11.0. The number of carbonyl (C=O) groups excluding carboxylic acids is 1. The third-order valence-electron chi connectivity index (χ3n) is 2.06.